The summed E-state index contributed by atoms with van der Waals surface area (Å²) >= 11 is 3.41. The molecule has 1 saturated heterocycles. The molecule has 1 amide bonds. The normalized spacial score (nSPS) is 18.0. The van der Waals surface area contributed by atoms with Crippen LogP contribution in [0.4, 0.5) is 0 Å². The Morgan fingerprint density at radius 2 is 1.95 bits per heavy atom. The Kier molecular flexibility index (Phi) is 5.79. The monoisotopic (exact) mass is 353 g/mol. The maximum atomic E-state index is 12.0. The van der Waals surface area contributed by atoms with Gasteiger partial charge in [-0.3, -0.25) is 9.59 Å². The molecule has 5 heteroatoms. The first-order valence-electron chi connectivity index (χ1n) is 7.31. The summed E-state index contributed by atoms with van der Waals surface area (Å²) < 4.78 is 1.07. The highest BCUT2D eigenvalue weighted by Gasteiger charge is 2.30. The predicted octanol–water partition coefficient (Wildman–Crippen LogP) is 3.10. The molecule has 1 atom stereocenters. The minimum absolute atomic E-state index is 0.0922. The van der Waals surface area contributed by atoms with Crippen molar-refractivity contribution in [3.8, 4) is 0 Å². The maximum Gasteiger partial charge on any atom is 0.308 e. The zero-order valence-corrected chi connectivity index (χ0v) is 13.5. The first-order valence-corrected chi connectivity index (χ1v) is 8.10. The van der Waals surface area contributed by atoms with Crippen LogP contribution in [0.25, 0.3) is 0 Å². The van der Waals surface area contributed by atoms with Gasteiger partial charge in [0.25, 0.3) is 0 Å². The molecule has 0 saturated carbocycles. The van der Waals surface area contributed by atoms with Crippen molar-refractivity contribution < 1.29 is 14.7 Å². The van der Waals surface area contributed by atoms with E-state index in [1.807, 2.05) is 12.1 Å². The zero-order valence-electron chi connectivity index (χ0n) is 11.9. The second kappa shape index (κ2) is 7.59. The molecule has 0 aromatic heterocycles. The van der Waals surface area contributed by atoms with Gasteiger partial charge < -0.3 is 10.0 Å². The first kappa shape index (κ1) is 16.0. The van der Waals surface area contributed by atoms with Gasteiger partial charge in [0.05, 0.1) is 5.92 Å². The van der Waals surface area contributed by atoms with Crippen LogP contribution in [0.3, 0.4) is 0 Å². The molecule has 4 nitrogen and oxygen atoms in total. The Balaban J connectivity index is 1.66. The van der Waals surface area contributed by atoms with E-state index in [-0.39, 0.29) is 11.8 Å². The lowest BCUT2D eigenvalue weighted by Gasteiger charge is -2.15. The summed E-state index contributed by atoms with van der Waals surface area (Å²) in [5.74, 6) is -1.08. The molecular formula is C16H20BrNO3. The number of likely N-dealkylation sites (tertiary alicyclic amines) is 1. The lowest BCUT2D eigenvalue weighted by Crippen LogP contribution is -2.29. The first-order chi connectivity index (χ1) is 10.1. The van der Waals surface area contributed by atoms with Crippen molar-refractivity contribution in [1.29, 1.82) is 0 Å². The Morgan fingerprint density at radius 3 is 2.57 bits per heavy atom. The molecule has 0 radical (unpaired) electrons. The van der Waals surface area contributed by atoms with Gasteiger partial charge in [0.2, 0.25) is 5.91 Å². The molecule has 0 spiro atoms. The lowest BCUT2D eigenvalue weighted by atomic mass is 10.1. The number of aryl methyl sites for hydroxylation is 1. The number of hydrogen-bond acceptors (Lipinski definition) is 2. The summed E-state index contributed by atoms with van der Waals surface area (Å²) in [5.41, 5.74) is 1.28. The van der Waals surface area contributed by atoms with E-state index in [1.165, 1.54) is 5.56 Å². The predicted molar refractivity (Wildman–Crippen MR) is 84.0 cm³/mol. The van der Waals surface area contributed by atoms with Crippen molar-refractivity contribution in [1.82, 2.24) is 4.90 Å². The van der Waals surface area contributed by atoms with Crippen molar-refractivity contribution in [3.05, 3.63) is 34.3 Å². The standard InChI is InChI=1S/C16H20BrNO3/c17-14-7-5-12(6-8-14)3-1-2-4-15(19)18-10-9-13(11-18)16(20)21/h5-8,13H,1-4,9-11H2,(H,20,21)/t13-/m0/s1. The highest BCUT2D eigenvalue weighted by atomic mass is 79.9. The van der Waals surface area contributed by atoms with Crippen LogP contribution in [0.1, 0.15) is 31.2 Å². The van der Waals surface area contributed by atoms with E-state index in [0.717, 1.165) is 23.7 Å². The van der Waals surface area contributed by atoms with Crippen LogP contribution in [0.2, 0.25) is 0 Å². The van der Waals surface area contributed by atoms with Gasteiger partial charge in [-0.2, -0.15) is 0 Å². The SMILES string of the molecule is O=C(O)[C@H]1CCN(C(=O)CCCCc2ccc(Br)cc2)C1. The fourth-order valence-corrected chi connectivity index (χ4v) is 2.87. The van der Waals surface area contributed by atoms with E-state index >= 15 is 0 Å². The van der Waals surface area contributed by atoms with Crippen LogP contribution >= 0.6 is 15.9 Å². The molecule has 1 N–H and O–H groups in total. The fourth-order valence-electron chi connectivity index (χ4n) is 2.60. The van der Waals surface area contributed by atoms with E-state index in [2.05, 4.69) is 28.1 Å². The number of aliphatic carboxylic acids is 1. The van der Waals surface area contributed by atoms with Crippen LogP contribution in [0.15, 0.2) is 28.7 Å². The molecular weight excluding hydrogens is 334 g/mol. The molecule has 21 heavy (non-hydrogen) atoms. The Hall–Kier alpha value is -1.36. The number of carboxylic acid groups (broad SMARTS) is 1. The number of rotatable bonds is 6. The van der Waals surface area contributed by atoms with E-state index in [1.54, 1.807) is 4.90 Å². The molecule has 0 bridgehead atoms. The smallest absolute Gasteiger partial charge is 0.308 e. The number of amides is 1. The summed E-state index contributed by atoms with van der Waals surface area (Å²) in [7, 11) is 0. The third kappa shape index (κ3) is 4.84. The molecule has 1 aliphatic rings. The van der Waals surface area contributed by atoms with Gasteiger partial charge in [0.1, 0.15) is 0 Å². The van der Waals surface area contributed by atoms with E-state index < -0.39 is 5.97 Å². The Bertz CT molecular complexity index is 501. The van der Waals surface area contributed by atoms with E-state index in [4.69, 9.17) is 5.11 Å². The molecule has 1 aliphatic heterocycles. The van der Waals surface area contributed by atoms with Crippen LogP contribution in [-0.2, 0) is 16.0 Å². The average Bonchev–Trinajstić information content (AvgIpc) is 2.95. The summed E-state index contributed by atoms with van der Waals surface area (Å²) in [5, 5.41) is 8.93. The second-order valence-electron chi connectivity index (χ2n) is 5.50. The number of nitrogens with zero attached hydrogens (tertiary/aromatic N) is 1. The van der Waals surface area contributed by atoms with E-state index in [9.17, 15) is 9.59 Å². The van der Waals surface area contributed by atoms with Crippen molar-refractivity contribution >= 4 is 27.8 Å². The number of carboxylic acids is 1. The number of carbonyl (C=O) groups excluding carboxylic acids is 1. The minimum atomic E-state index is -0.791. The summed E-state index contributed by atoms with van der Waals surface area (Å²) in [6, 6.07) is 8.22. The van der Waals surface area contributed by atoms with Crippen molar-refractivity contribution in [2.24, 2.45) is 5.92 Å². The number of halogens is 1. The molecule has 114 valence electrons. The lowest BCUT2D eigenvalue weighted by molar-refractivity contribution is -0.141. The van der Waals surface area contributed by atoms with Gasteiger partial charge >= 0.3 is 5.97 Å². The summed E-state index contributed by atoms with van der Waals surface area (Å²) in [6.45, 7) is 0.962. The van der Waals surface area contributed by atoms with Gasteiger partial charge in [-0.15, -0.1) is 0 Å². The molecule has 1 aromatic carbocycles. The minimum Gasteiger partial charge on any atom is -0.481 e. The molecule has 0 unspecified atom stereocenters. The van der Waals surface area contributed by atoms with Crippen molar-refractivity contribution in [2.45, 2.75) is 32.1 Å². The molecule has 2 rings (SSSR count). The largest absolute Gasteiger partial charge is 0.481 e. The van der Waals surface area contributed by atoms with E-state index in [0.29, 0.717) is 25.9 Å². The average molecular weight is 354 g/mol. The van der Waals surface area contributed by atoms with Crippen LogP contribution in [-0.4, -0.2) is 35.0 Å². The topological polar surface area (TPSA) is 57.6 Å². The van der Waals surface area contributed by atoms with Gasteiger partial charge in [0.15, 0.2) is 0 Å². The van der Waals surface area contributed by atoms with Crippen LogP contribution in [0.5, 0.6) is 0 Å². The van der Waals surface area contributed by atoms with Crippen molar-refractivity contribution in [2.75, 3.05) is 13.1 Å². The van der Waals surface area contributed by atoms with Gasteiger partial charge in [-0.05, 0) is 43.4 Å². The van der Waals surface area contributed by atoms with Crippen molar-refractivity contribution in [3.63, 3.8) is 0 Å². The van der Waals surface area contributed by atoms with Gasteiger partial charge in [-0.1, -0.05) is 28.1 Å². The Labute approximate surface area is 133 Å². The highest BCUT2D eigenvalue weighted by Crippen LogP contribution is 2.18. The number of unbranched alkanes of at least 4 members (excludes halogenated alkanes) is 1. The molecule has 0 aliphatic carbocycles. The Morgan fingerprint density at radius 1 is 1.24 bits per heavy atom. The van der Waals surface area contributed by atoms with Gasteiger partial charge in [0, 0.05) is 24.0 Å². The number of carbonyl (C=O) groups is 2. The van der Waals surface area contributed by atoms with Gasteiger partial charge in [-0.25, -0.2) is 0 Å². The third-order valence-corrected chi connectivity index (χ3v) is 4.44. The summed E-state index contributed by atoms with van der Waals surface area (Å²) in [4.78, 5) is 24.6. The maximum absolute atomic E-state index is 12.0. The zero-order chi connectivity index (χ0) is 15.2. The van der Waals surface area contributed by atoms with Crippen LogP contribution < -0.4 is 0 Å². The number of hydrogen-bond donors (Lipinski definition) is 1. The molecule has 1 heterocycles. The quantitative estimate of drug-likeness (QED) is 0.799. The highest BCUT2D eigenvalue weighted by molar-refractivity contribution is 9.10. The third-order valence-electron chi connectivity index (χ3n) is 3.91. The summed E-state index contributed by atoms with van der Waals surface area (Å²) in [6.07, 6.45) is 3.90. The molecule has 1 aromatic rings. The fraction of sp³-hybridized carbons (Fsp3) is 0.500. The second-order valence-corrected chi connectivity index (χ2v) is 6.41. The number of benzene rings is 1. The van der Waals surface area contributed by atoms with Crippen LogP contribution in [0, 0.1) is 5.92 Å². The molecule has 1 fully saturated rings.